The number of hydrogen-bond acceptors (Lipinski definition) is 5. The first-order valence-corrected chi connectivity index (χ1v) is 11.6. The zero-order valence-electron chi connectivity index (χ0n) is 16.6. The minimum Gasteiger partial charge on any atom is -0.472 e. The first-order valence-electron chi connectivity index (χ1n) is 10.1. The van der Waals surface area contributed by atoms with Crippen LogP contribution in [0.1, 0.15) is 42.0 Å². The van der Waals surface area contributed by atoms with Gasteiger partial charge in [-0.3, -0.25) is 0 Å². The van der Waals surface area contributed by atoms with Crippen LogP contribution >= 0.6 is 0 Å². The number of hydrogen-bond donors (Lipinski definition) is 2. The third kappa shape index (κ3) is 3.01. The molecule has 0 radical (unpaired) electrons. The van der Waals surface area contributed by atoms with Gasteiger partial charge < -0.3 is 10.1 Å². The number of amides is 2. The highest BCUT2D eigenvalue weighted by atomic mass is 32.2. The van der Waals surface area contributed by atoms with Gasteiger partial charge in [0.05, 0.1) is 12.7 Å². The Morgan fingerprint density at radius 3 is 2.67 bits per heavy atom. The molecule has 0 saturated heterocycles. The maximum Gasteiger partial charge on any atom is 0.355 e. The largest absolute Gasteiger partial charge is 0.472 e. The fourth-order valence-corrected chi connectivity index (χ4v) is 5.91. The molecule has 1 aromatic carbocycles. The van der Waals surface area contributed by atoms with Crippen molar-refractivity contribution in [3.8, 4) is 12.1 Å². The van der Waals surface area contributed by atoms with Crippen LogP contribution in [0.25, 0.3) is 0 Å². The van der Waals surface area contributed by atoms with Gasteiger partial charge in [-0.15, -0.1) is 4.36 Å². The zero-order valence-corrected chi connectivity index (χ0v) is 17.4. The summed E-state index contributed by atoms with van der Waals surface area (Å²) in [5, 5.41) is 16.2. The summed E-state index contributed by atoms with van der Waals surface area (Å²) in [4.78, 5) is 13.0. The lowest BCUT2D eigenvalue weighted by Crippen LogP contribution is -2.22. The number of carbonyl (C=O) groups excluding carboxylic acids is 1. The van der Waals surface area contributed by atoms with E-state index >= 15 is 0 Å². The molecule has 3 aliphatic rings. The van der Waals surface area contributed by atoms with Crippen LogP contribution in [0.15, 0.2) is 21.5 Å². The SMILES string of the molecule is C[C@H]1Cn2ncc([S@@](=O)(=NC(=O)Nc3c4c(cc5c3CCC5)CCC4)NC#N)c2O1. The molecular formula is C20H22N6O3S. The summed E-state index contributed by atoms with van der Waals surface area (Å²) in [5.41, 5.74) is 5.68. The van der Waals surface area contributed by atoms with E-state index in [0.29, 0.717) is 6.54 Å². The van der Waals surface area contributed by atoms with Crippen LogP contribution in [0.5, 0.6) is 5.88 Å². The third-order valence-electron chi connectivity index (χ3n) is 5.90. The highest BCUT2D eigenvalue weighted by Crippen LogP contribution is 2.39. The Morgan fingerprint density at radius 1 is 1.30 bits per heavy atom. The number of anilines is 1. The van der Waals surface area contributed by atoms with Gasteiger partial charge in [-0.2, -0.15) is 10.4 Å². The molecule has 30 heavy (non-hydrogen) atoms. The van der Waals surface area contributed by atoms with Gasteiger partial charge >= 0.3 is 6.03 Å². The molecule has 2 atom stereocenters. The highest BCUT2D eigenvalue weighted by Gasteiger charge is 2.31. The first-order chi connectivity index (χ1) is 14.5. The zero-order chi connectivity index (χ0) is 20.9. The smallest absolute Gasteiger partial charge is 0.355 e. The van der Waals surface area contributed by atoms with Gasteiger partial charge in [0, 0.05) is 5.69 Å². The standard InChI is InChI=1S/C20H22N6O3S/c1-12-10-26-19(29-12)17(9-22-26)30(28,23-11-21)25-20(27)24-18-15-6-2-4-13(15)8-14-5-3-7-16(14)18/h8-9,12H,2-7,10H2,1H3,(H2,23,24,25,27,28)/t12-,30-/m0/s1. The molecule has 1 aliphatic heterocycles. The lowest BCUT2D eigenvalue weighted by Gasteiger charge is -2.15. The van der Waals surface area contributed by atoms with Crippen LogP contribution in [-0.2, 0) is 42.1 Å². The van der Waals surface area contributed by atoms with Crippen molar-refractivity contribution in [2.24, 2.45) is 4.36 Å². The third-order valence-corrected chi connectivity index (χ3v) is 7.57. The summed E-state index contributed by atoms with van der Waals surface area (Å²) in [7, 11) is -3.58. The lowest BCUT2D eigenvalue weighted by molar-refractivity contribution is 0.248. The summed E-state index contributed by atoms with van der Waals surface area (Å²) in [6, 6.07) is 1.52. The van der Waals surface area contributed by atoms with E-state index < -0.39 is 15.9 Å². The summed E-state index contributed by atoms with van der Waals surface area (Å²) in [5.74, 6) is 0.272. The molecule has 2 aromatic rings. The Morgan fingerprint density at radius 2 is 2.00 bits per heavy atom. The van der Waals surface area contributed by atoms with Gasteiger partial charge in [0.2, 0.25) is 5.88 Å². The minimum absolute atomic E-state index is 0.104. The lowest BCUT2D eigenvalue weighted by atomic mass is 9.99. The number of nitrogens with zero attached hydrogens (tertiary/aromatic N) is 4. The monoisotopic (exact) mass is 426 g/mol. The molecule has 2 amide bonds. The maximum atomic E-state index is 13.5. The number of nitriles is 1. The molecule has 156 valence electrons. The second kappa shape index (κ2) is 7.02. The average molecular weight is 427 g/mol. The van der Waals surface area contributed by atoms with E-state index in [1.165, 1.54) is 17.3 Å². The Kier molecular flexibility index (Phi) is 4.43. The molecule has 9 nitrogen and oxygen atoms in total. The summed E-state index contributed by atoms with van der Waals surface area (Å²) < 4.78 is 26.8. The van der Waals surface area contributed by atoms with E-state index in [0.717, 1.165) is 55.3 Å². The molecular weight excluding hydrogens is 404 g/mol. The number of ether oxygens (including phenoxy) is 1. The summed E-state index contributed by atoms with van der Waals surface area (Å²) in [6.07, 6.45) is 8.81. The number of rotatable bonds is 3. The van der Waals surface area contributed by atoms with Crippen molar-refractivity contribution in [1.82, 2.24) is 14.5 Å². The van der Waals surface area contributed by atoms with Gasteiger partial charge in [-0.1, -0.05) is 6.07 Å². The maximum absolute atomic E-state index is 13.5. The number of fused-ring (bicyclic) bond motifs is 3. The number of carbonyl (C=O) groups is 1. The van der Waals surface area contributed by atoms with Crippen molar-refractivity contribution in [1.29, 1.82) is 5.26 Å². The van der Waals surface area contributed by atoms with E-state index in [1.807, 2.05) is 6.92 Å². The van der Waals surface area contributed by atoms with Crippen LogP contribution in [0.2, 0.25) is 0 Å². The fourth-order valence-electron chi connectivity index (χ4n) is 4.67. The van der Waals surface area contributed by atoms with Crippen molar-refractivity contribution in [2.75, 3.05) is 5.32 Å². The molecule has 1 aromatic heterocycles. The van der Waals surface area contributed by atoms with Crippen molar-refractivity contribution < 1.29 is 13.7 Å². The van der Waals surface area contributed by atoms with Crippen molar-refractivity contribution >= 4 is 21.6 Å². The molecule has 10 heteroatoms. The molecule has 0 unspecified atom stereocenters. The molecule has 2 heterocycles. The Labute approximate surface area is 174 Å². The normalized spacial score (nSPS) is 20.3. The van der Waals surface area contributed by atoms with E-state index in [-0.39, 0.29) is 16.9 Å². The van der Waals surface area contributed by atoms with Crippen molar-refractivity contribution in [3.63, 3.8) is 0 Å². The van der Waals surface area contributed by atoms with E-state index in [2.05, 4.69) is 25.6 Å². The van der Waals surface area contributed by atoms with Crippen molar-refractivity contribution in [2.45, 2.75) is 63.0 Å². The number of urea groups is 1. The van der Waals surface area contributed by atoms with Crippen LogP contribution in [0.3, 0.4) is 0 Å². The molecule has 2 N–H and O–H groups in total. The van der Waals surface area contributed by atoms with Gasteiger partial charge in [0.15, 0.2) is 21.0 Å². The second-order valence-corrected chi connectivity index (χ2v) is 9.80. The van der Waals surface area contributed by atoms with Gasteiger partial charge in [0.25, 0.3) is 0 Å². The quantitative estimate of drug-likeness (QED) is 0.577. The fraction of sp³-hybridized carbons (Fsp3) is 0.450. The molecule has 0 spiro atoms. The molecule has 0 fully saturated rings. The second-order valence-electron chi connectivity index (χ2n) is 7.92. The summed E-state index contributed by atoms with van der Waals surface area (Å²) >= 11 is 0. The molecule has 2 aliphatic carbocycles. The van der Waals surface area contributed by atoms with Gasteiger partial charge in [-0.05, 0) is 67.7 Å². The molecule has 5 rings (SSSR count). The molecule has 0 saturated carbocycles. The van der Waals surface area contributed by atoms with E-state index in [1.54, 1.807) is 10.9 Å². The van der Waals surface area contributed by atoms with Crippen LogP contribution < -0.4 is 14.8 Å². The van der Waals surface area contributed by atoms with E-state index in [4.69, 9.17) is 10.00 Å². The number of nitrogens with one attached hydrogen (secondary N) is 2. The van der Waals surface area contributed by atoms with Gasteiger partial charge in [-0.25, -0.2) is 18.4 Å². The van der Waals surface area contributed by atoms with Gasteiger partial charge in [0.1, 0.15) is 6.10 Å². The Hall–Kier alpha value is -3.06. The first kappa shape index (κ1) is 18.9. The van der Waals surface area contributed by atoms with Crippen LogP contribution in [0.4, 0.5) is 10.5 Å². The molecule has 0 bridgehead atoms. The number of aryl methyl sites for hydroxylation is 2. The Balaban J connectivity index is 1.53. The predicted molar refractivity (Wildman–Crippen MR) is 109 cm³/mol. The van der Waals surface area contributed by atoms with E-state index in [9.17, 15) is 9.00 Å². The Bertz CT molecular complexity index is 1190. The summed E-state index contributed by atoms with van der Waals surface area (Å²) in [6.45, 7) is 2.37. The van der Waals surface area contributed by atoms with Crippen LogP contribution in [0, 0.1) is 11.5 Å². The van der Waals surface area contributed by atoms with Crippen LogP contribution in [-0.4, -0.2) is 26.1 Å². The average Bonchev–Trinajstić information content (AvgIpc) is 3.44. The highest BCUT2D eigenvalue weighted by molar-refractivity contribution is 7.92. The minimum atomic E-state index is -3.58. The number of benzene rings is 1. The van der Waals surface area contributed by atoms with Crippen molar-refractivity contribution in [3.05, 3.63) is 34.5 Å². The topological polar surface area (TPSA) is 121 Å². The predicted octanol–water partition coefficient (Wildman–Crippen LogP) is 2.69. The number of aromatic nitrogens is 2.